The lowest BCUT2D eigenvalue weighted by atomic mass is 10.1. The van der Waals surface area contributed by atoms with Crippen molar-refractivity contribution in [2.75, 3.05) is 0 Å². The summed E-state index contributed by atoms with van der Waals surface area (Å²) in [5.41, 5.74) is -0.0214. The van der Waals surface area contributed by atoms with Crippen LogP contribution in [0.25, 0.3) is 6.08 Å². The van der Waals surface area contributed by atoms with Crippen molar-refractivity contribution in [3.8, 4) is 0 Å². The molecule has 0 radical (unpaired) electrons. The number of halogens is 3. The minimum absolute atomic E-state index is 0.333. The van der Waals surface area contributed by atoms with E-state index in [1.54, 1.807) is 12.1 Å². The van der Waals surface area contributed by atoms with E-state index in [-0.39, 0.29) is 0 Å². The third kappa shape index (κ3) is 3.78. The fourth-order valence-electron chi connectivity index (χ4n) is 1.12. The lowest BCUT2D eigenvalue weighted by Gasteiger charge is -2.06. The van der Waals surface area contributed by atoms with Gasteiger partial charge in [0.05, 0.1) is 5.56 Å². The minimum Gasteiger partial charge on any atom is -0.166 e. The van der Waals surface area contributed by atoms with Crippen molar-refractivity contribution in [3.05, 3.63) is 41.5 Å². The topological polar surface area (TPSA) is 0 Å². The zero-order valence-corrected chi connectivity index (χ0v) is 8.68. The van der Waals surface area contributed by atoms with Crippen LogP contribution in [0.4, 0.5) is 13.2 Å². The molecule has 1 rings (SSSR count). The van der Waals surface area contributed by atoms with E-state index in [1.165, 1.54) is 6.07 Å². The summed E-state index contributed by atoms with van der Waals surface area (Å²) in [6.07, 6.45) is -0.683. The fourth-order valence-corrected chi connectivity index (χ4v) is 1.12. The molecule has 0 aliphatic carbocycles. The summed E-state index contributed by atoms with van der Waals surface area (Å²) in [5, 5.41) is 0. The van der Waals surface area contributed by atoms with Crippen LogP contribution in [0.2, 0.25) is 0 Å². The molecular weight excluding hydrogens is 201 g/mol. The summed E-state index contributed by atoms with van der Waals surface area (Å²) in [6.45, 7) is 3.95. The van der Waals surface area contributed by atoms with Crippen LogP contribution in [0, 0.1) is 5.92 Å². The summed E-state index contributed by atoms with van der Waals surface area (Å²) in [5.74, 6) is 0.333. The Labute approximate surface area is 87.4 Å². The van der Waals surface area contributed by atoms with E-state index in [9.17, 15) is 13.2 Å². The molecule has 0 aliphatic rings. The van der Waals surface area contributed by atoms with Crippen molar-refractivity contribution in [2.24, 2.45) is 5.92 Å². The predicted molar refractivity (Wildman–Crippen MR) is 55.3 cm³/mol. The van der Waals surface area contributed by atoms with Crippen LogP contribution in [0.5, 0.6) is 0 Å². The van der Waals surface area contributed by atoms with Gasteiger partial charge in [0.2, 0.25) is 0 Å². The first-order valence-electron chi connectivity index (χ1n) is 4.75. The molecule has 0 saturated carbocycles. The second-order valence-corrected chi connectivity index (χ2v) is 3.73. The molecule has 0 aliphatic heterocycles. The van der Waals surface area contributed by atoms with Gasteiger partial charge in [-0.2, -0.15) is 13.2 Å². The average molecular weight is 214 g/mol. The third-order valence-corrected chi connectivity index (χ3v) is 1.89. The van der Waals surface area contributed by atoms with Crippen molar-refractivity contribution in [1.82, 2.24) is 0 Å². The molecular formula is C12H13F3. The van der Waals surface area contributed by atoms with Crippen LogP contribution in [0.15, 0.2) is 30.3 Å². The number of alkyl halides is 3. The zero-order valence-electron chi connectivity index (χ0n) is 8.68. The predicted octanol–water partition coefficient (Wildman–Crippen LogP) is 4.37. The standard InChI is InChI=1S/C12H13F3/c1-9(2)6-7-10-4-3-5-11(8-10)12(13,14)15/h3-9H,1-2H3/b7-6+. The smallest absolute Gasteiger partial charge is 0.166 e. The molecule has 0 spiro atoms. The van der Waals surface area contributed by atoms with Crippen LogP contribution in [0.1, 0.15) is 25.0 Å². The first-order valence-corrected chi connectivity index (χ1v) is 4.75. The fraction of sp³-hybridized carbons (Fsp3) is 0.333. The number of allylic oxidation sites excluding steroid dienone is 1. The highest BCUT2D eigenvalue weighted by atomic mass is 19.4. The molecule has 0 nitrogen and oxygen atoms in total. The Kier molecular flexibility index (Phi) is 3.56. The molecule has 0 saturated heterocycles. The van der Waals surface area contributed by atoms with Gasteiger partial charge < -0.3 is 0 Å². The van der Waals surface area contributed by atoms with E-state index in [0.29, 0.717) is 11.5 Å². The zero-order chi connectivity index (χ0) is 11.5. The van der Waals surface area contributed by atoms with Crippen molar-refractivity contribution in [2.45, 2.75) is 20.0 Å². The SMILES string of the molecule is CC(C)/C=C/c1cccc(C(F)(F)F)c1. The second-order valence-electron chi connectivity index (χ2n) is 3.73. The molecule has 0 amide bonds. The van der Waals surface area contributed by atoms with Crippen LogP contribution in [-0.4, -0.2) is 0 Å². The van der Waals surface area contributed by atoms with Crippen LogP contribution in [-0.2, 0) is 6.18 Å². The lowest BCUT2D eigenvalue weighted by molar-refractivity contribution is -0.137. The number of hydrogen-bond acceptors (Lipinski definition) is 0. The Hall–Kier alpha value is -1.25. The average Bonchev–Trinajstić information content (AvgIpc) is 2.14. The molecule has 0 heterocycles. The van der Waals surface area contributed by atoms with Crippen LogP contribution in [0.3, 0.4) is 0 Å². The molecule has 1 aromatic rings. The van der Waals surface area contributed by atoms with Crippen LogP contribution >= 0.6 is 0 Å². The van der Waals surface area contributed by atoms with Gasteiger partial charge in [-0.3, -0.25) is 0 Å². The van der Waals surface area contributed by atoms with E-state index >= 15 is 0 Å². The van der Waals surface area contributed by atoms with Gasteiger partial charge in [0, 0.05) is 0 Å². The molecule has 0 unspecified atom stereocenters. The van der Waals surface area contributed by atoms with Gasteiger partial charge in [0.15, 0.2) is 0 Å². The van der Waals surface area contributed by atoms with Crippen molar-refractivity contribution < 1.29 is 13.2 Å². The second kappa shape index (κ2) is 4.51. The highest BCUT2D eigenvalue weighted by Crippen LogP contribution is 2.29. The van der Waals surface area contributed by atoms with Gasteiger partial charge in [-0.25, -0.2) is 0 Å². The molecule has 0 N–H and O–H groups in total. The molecule has 0 fully saturated rings. The maximum atomic E-state index is 12.3. The molecule has 1 aromatic carbocycles. The number of hydrogen-bond donors (Lipinski definition) is 0. The normalized spacial score (nSPS) is 12.7. The van der Waals surface area contributed by atoms with Crippen molar-refractivity contribution in [1.29, 1.82) is 0 Å². The maximum Gasteiger partial charge on any atom is 0.416 e. The van der Waals surface area contributed by atoms with Gasteiger partial charge in [-0.15, -0.1) is 0 Å². The highest BCUT2D eigenvalue weighted by molar-refractivity contribution is 5.50. The van der Waals surface area contributed by atoms with E-state index in [4.69, 9.17) is 0 Å². The van der Waals surface area contributed by atoms with E-state index < -0.39 is 11.7 Å². The summed E-state index contributed by atoms with van der Waals surface area (Å²) < 4.78 is 37.0. The number of rotatable bonds is 2. The summed E-state index contributed by atoms with van der Waals surface area (Å²) in [7, 11) is 0. The van der Waals surface area contributed by atoms with E-state index in [1.807, 2.05) is 19.9 Å². The van der Waals surface area contributed by atoms with Gasteiger partial charge >= 0.3 is 6.18 Å². The Morgan fingerprint density at radius 2 is 1.87 bits per heavy atom. The Morgan fingerprint density at radius 3 is 2.40 bits per heavy atom. The first-order chi connectivity index (χ1) is 6.89. The van der Waals surface area contributed by atoms with Gasteiger partial charge in [-0.1, -0.05) is 38.1 Å². The molecule has 82 valence electrons. The van der Waals surface area contributed by atoms with Gasteiger partial charge in [0.1, 0.15) is 0 Å². The molecule has 15 heavy (non-hydrogen) atoms. The van der Waals surface area contributed by atoms with Gasteiger partial charge in [0.25, 0.3) is 0 Å². The number of benzene rings is 1. The van der Waals surface area contributed by atoms with Gasteiger partial charge in [-0.05, 0) is 23.6 Å². The largest absolute Gasteiger partial charge is 0.416 e. The minimum atomic E-state index is -4.26. The summed E-state index contributed by atoms with van der Waals surface area (Å²) >= 11 is 0. The highest BCUT2D eigenvalue weighted by Gasteiger charge is 2.30. The summed E-state index contributed by atoms with van der Waals surface area (Å²) in [6, 6.07) is 5.31. The lowest BCUT2D eigenvalue weighted by Crippen LogP contribution is -2.04. The summed E-state index contributed by atoms with van der Waals surface area (Å²) in [4.78, 5) is 0. The molecule has 0 aromatic heterocycles. The molecule has 0 bridgehead atoms. The molecule has 0 atom stereocenters. The molecule has 3 heteroatoms. The quantitative estimate of drug-likeness (QED) is 0.685. The van der Waals surface area contributed by atoms with Crippen molar-refractivity contribution >= 4 is 6.08 Å². The first kappa shape index (κ1) is 11.8. The third-order valence-electron chi connectivity index (χ3n) is 1.89. The Morgan fingerprint density at radius 1 is 1.20 bits per heavy atom. The Bertz CT molecular complexity index is 348. The Balaban J connectivity index is 2.93. The van der Waals surface area contributed by atoms with E-state index in [0.717, 1.165) is 12.1 Å². The van der Waals surface area contributed by atoms with Crippen molar-refractivity contribution in [3.63, 3.8) is 0 Å². The monoisotopic (exact) mass is 214 g/mol. The maximum absolute atomic E-state index is 12.3. The van der Waals surface area contributed by atoms with Crippen LogP contribution < -0.4 is 0 Å². The van der Waals surface area contributed by atoms with E-state index in [2.05, 4.69) is 0 Å².